The van der Waals surface area contributed by atoms with Gasteiger partial charge in [-0.05, 0) is 46.3 Å². The van der Waals surface area contributed by atoms with Gasteiger partial charge in [-0.2, -0.15) is 0 Å². The fourth-order valence-electron chi connectivity index (χ4n) is 1.47. The first-order chi connectivity index (χ1) is 6.99. The summed E-state index contributed by atoms with van der Waals surface area (Å²) in [6.45, 7) is 6.70. The van der Waals surface area contributed by atoms with E-state index in [-0.39, 0.29) is 5.41 Å². The van der Waals surface area contributed by atoms with Crippen LogP contribution in [0.15, 0.2) is 15.9 Å². The van der Waals surface area contributed by atoms with Gasteiger partial charge < -0.3 is 0 Å². The van der Waals surface area contributed by atoms with Crippen molar-refractivity contribution in [2.24, 2.45) is 11.3 Å². The van der Waals surface area contributed by atoms with E-state index in [9.17, 15) is 0 Å². The van der Waals surface area contributed by atoms with Gasteiger partial charge in [-0.15, -0.1) is 11.3 Å². The number of hydrogen-bond donors (Lipinski definition) is 2. The first-order valence-corrected chi connectivity index (χ1v) is 6.81. The molecule has 1 rings (SSSR count). The van der Waals surface area contributed by atoms with Gasteiger partial charge in [-0.1, -0.05) is 20.8 Å². The van der Waals surface area contributed by atoms with Crippen LogP contribution in [0.4, 0.5) is 0 Å². The lowest BCUT2D eigenvalue weighted by atomic mass is 9.80. The van der Waals surface area contributed by atoms with Crippen LogP contribution in [0.1, 0.15) is 32.1 Å². The Hall–Kier alpha value is 0.1000. The largest absolute Gasteiger partial charge is 0.271 e. The van der Waals surface area contributed by atoms with Crippen molar-refractivity contribution in [1.82, 2.24) is 5.43 Å². The molecule has 0 amide bonds. The molecule has 0 saturated carbocycles. The molecule has 0 bridgehead atoms. The molecule has 1 unspecified atom stereocenters. The van der Waals surface area contributed by atoms with Crippen molar-refractivity contribution < 1.29 is 0 Å². The average Bonchev–Trinajstić information content (AvgIpc) is 2.60. The highest BCUT2D eigenvalue weighted by Crippen LogP contribution is 2.30. The van der Waals surface area contributed by atoms with Crippen molar-refractivity contribution in [2.45, 2.75) is 39.7 Å². The highest BCUT2D eigenvalue weighted by molar-refractivity contribution is 9.11. The number of rotatable bonds is 5. The summed E-state index contributed by atoms with van der Waals surface area (Å²) in [5, 5.41) is 0. The van der Waals surface area contributed by atoms with E-state index >= 15 is 0 Å². The van der Waals surface area contributed by atoms with E-state index < -0.39 is 0 Å². The lowest BCUT2D eigenvalue weighted by molar-refractivity contribution is 0.232. The van der Waals surface area contributed by atoms with Gasteiger partial charge in [0.2, 0.25) is 0 Å². The fourth-order valence-corrected chi connectivity index (χ4v) is 3.00. The van der Waals surface area contributed by atoms with Crippen molar-refractivity contribution in [3.8, 4) is 0 Å². The fraction of sp³-hybridized carbons (Fsp3) is 0.636. The minimum Gasteiger partial charge on any atom is -0.271 e. The third-order valence-electron chi connectivity index (χ3n) is 3.09. The number of hydrazine groups is 1. The Morgan fingerprint density at radius 1 is 1.53 bits per heavy atom. The lowest BCUT2D eigenvalue weighted by Gasteiger charge is -2.32. The zero-order chi connectivity index (χ0) is 11.5. The molecule has 0 aliphatic heterocycles. The molecule has 3 N–H and O–H groups in total. The maximum atomic E-state index is 5.63. The van der Waals surface area contributed by atoms with E-state index in [1.165, 1.54) is 8.66 Å². The minimum atomic E-state index is 0.227. The first-order valence-electron chi connectivity index (χ1n) is 5.20. The summed E-state index contributed by atoms with van der Waals surface area (Å²) >= 11 is 5.26. The summed E-state index contributed by atoms with van der Waals surface area (Å²) in [5.41, 5.74) is 3.17. The maximum absolute atomic E-state index is 5.63. The van der Waals surface area contributed by atoms with E-state index in [0.29, 0.717) is 6.04 Å². The molecule has 86 valence electrons. The third-order valence-corrected chi connectivity index (χ3v) is 4.74. The van der Waals surface area contributed by atoms with Gasteiger partial charge in [0.05, 0.1) is 3.79 Å². The van der Waals surface area contributed by atoms with Crippen molar-refractivity contribution in [2.75, 3.05) is 0 Å². The zero-order valence-corrected chi connectivity index (χ0v) is 11.9. The second-order valence-electron chi connectivity index (χ2n) is 4.47. The third kappa shape index (κ3) is 3.55. The second-order valence-corrected chi connectivity index (χ2v) is 7.02. The van der Waals surface area contributed by atoms with Gasteiger partial charge in [-0.25, -0.2) is 0 Å². The number of hydrogen-bond acceptors (Lipinski definition) is 3. The highest BCUT2D eigenvalue weighted by atomic mass is 79.9. The Kier molecular flexibility index (Phi) is 4.77. The molecule has 0 aliphatic rings. The van der Waals surface area contributed by atoms with E-state index in [4.69, 9.17) is 5.84 Å². The monoisotopic (exact) mass is 290 g/mol. The van der Waals surface area contributed by atoms with Crippen molar-refractivity contribution in [3.63, 3.8) is 0 Å². The van der Waals surface area contributed by atoms with E-state index in [2.05, 4.69) is 54.3 Å². The Balaban J connectivity index is 2.69. The predicted molar refractivity (Wildman–Crippen MR) is 70.9 cm³/mol. The van der Waals surface area contributed by atoms with Gasteiger partial charge in [0.25, 0.3) is 0 Å². The summed E-state index contributed by atoms with van der Waals surface area (Å²) in [4.78, 5) is 1.37. The summed E-state index contributed by atoms with van der Waals surface area (Å²) in [6.07, 6.45) is 2.11. The van der Waals surface area contributed by atoms with Gasteiger partial charge in [0.1, 0.15) is 0 Å². The van der Waals surface area contributed by atoms with Crippen LogP contribution >= 0.6 is 27.3 Å². The molecule has 15 heavy (non-hydrogen) atoms. The van der Waals surface area contributed by atoms with Crippen LogP contribution < -0.4 is 11.3 Å². The van der Waals surface area contributed by atoms with Crippen molar-refractivity contribution in [1.29, 1.82) is 0 Å². The summed E-state index contributed by atoms with van der Waals surface area (Å²) < 4.78 is 1.18. The van der Waals surface area contributed by atoms with Crippen LogP contribution in [-0.4, -0.2) is 6.04 Å². The van der Waals surface area contributed by atoms with Gasteiger partial charge in [-0.3, -0.25) is 11.3 Å². The Morgan fingerprint density at radius 2 is 2.20 bits per heavy atom. The number of nitrogens with one attached hydrogen (secondary N) is 1. The summed E-state index contributed by atoms with van der Waals surface area (Å²) in [7, 11) is 0. The molecule has 0 spiro atoms. The summed E-state index contributed by atoms with van der Waals surface area (Å²) in [6, 6.07) is 4.57. The first kappa shape index (κ1) is 13.2. The summed E-state index contributed by atoms with van der Waals surface area (Å²) in [5.74, 6) is 5.63. The molecule has 1 heterocycles. The normalized spacial score (nSPS) is 14.2. The van der Waals surface area contributed by atoms with Crippen LogP contribution in [0.25, 0.3) is 0 Å². The predicted octanol–water partition coefficient (Wildman–Crippen LogP) is 3.32. The minimum absolute atomic E-state index is 0.227. The molecular formula is C11H19BrN2S. The van der Waals surface area contributed by atoms with Crippen molar-refractivity contribution >= 4 is 27.3 Å². The molecular weight excluding hydrogens is 272 g/mol. The number of halogens is 1. The molecule has 0 fully saturated rings. The lowest BCUT2D eigenvalue weighted by Crippen LogP contribution is -2.46. The van der Waals surface area contributed by atoms with Crippen LogP contribution in [0, 0.1) is 5.41 Å². The number of nitrogens with two attached hydrogens (primary N) is 1. The molecule has 2 nitrogen and oxygen atoms in total. The molecule has 0 aliphatic carbocycles. The zero-order valence-electron chi connectivity index (χ0n) is 9.51. The topological polar surface area (TPSA) is 38.0 Å². The molecule has 0 aromatic carbocycles. The van der Waals surface area contributed by atoms with Gasteiger partial charge in [0.15, 0.2) is 0 Å². The van der Waals surface area contributed by atoms with Gasteiger partial charge >= 0.3 is 0 Å². The Bertz CT molecular complexity index is 309. The van der Waals surface area contributed by atoms with Crippen LogP contribution in [-0.2, 0) is 6.42 Å². The van der Waals surface area contributed by atoms with Crippen LogP contribution in [0.3, 0.4) is 0 Å². The standard InChI is InChI=1S/C11H19BrN2S/c1-4-11(2,3)9(14-13)7-8-5-6-10(12)15-8/h5-6,9,14H,4,7,13H2,1-3H3. The maximum Gasteiger partial charge on any atom is 0.0701 e. The molecule has 0 saturated heterocycles. The highest BCUT2D eigenvalue weighted by Gasteiger charge is 2.27. The quantitative estimate of drug-likeness (QED) is 0.645. The molecule has 1 atom stereocenters. The molecule has 4 heteroatoms. The van der Waals surface area contributed by atoms with Crippen LogP contribution in [0.5, 0.6) is 0 Å². The van der Waals surface area contributed by atoms with E-state index in [0.717, 1.165) is 12.8 Å². The Labute approximate surface area is 104 Å². The van der Waals surface area contributed by atoms with Crippen LogP contribution in [0.2, 0.25) is 0 Å². The smallest absolute Gasteiger partial charge is 0.0701 e. The Morgan fingerprint density at radius 3 is 2.60 bits per heavy atom. The van der Waals surface area contributed by atoms with Crippen molar-refractivity contribution in [3.05, 3.63) is 20.8 Å². The van der Waals surface area contributed by atoms with Gasteiger partial charge in [0, 0.05) is 10.9 Å². The SMILES string of the molecule is CCC(C)(C)C(Cc1ccc(Br)s1)NN. The molecule has 1 aromatic rings. The molecule has 1 aromatic heterocycles. The average molecular weight is 291 g/mol. The number of thiophene rings is 1. The van der Waals surface area contributed by atoms with E-state index in [1.54, 1.807) is 11.3 Å². The second kappa shape index (κ2) is 5.43. The van der Waals surface area contributed by atoms with E-state index in [1.807, 2.05) is 0 Å². The molecule has 0 radical (unpaired) electrons.